The number of nitrogens with one attached hydrogen (secondary N) is 1. The van der Waals surface area contributed by atoms with Gasteiger partial charge in [0.2, 0.25) is 5.96 Å². The lowest BCUT2D eigenvalue weighted by atomic mass is 9.98. The second-order valence-electron chi connectivity index (χ2n) is 4.89. The van der Waals surface area contributed by atoms with Crippen molar-refractivity contribution in [1.29, 1.82) is 0 Å². The predicted molar refractivity (Wildman–Crippen MR) is 75.3 cm³/mol. The van der Waals surface area contributed by atoms with Crippen LogP contribution < -0.4 is 11.3 Å². The molecule has 1 aliphatic heterocycles. The molecule has 1 rings (SSSR count). The van der Waals surface area contributed by atoms with Gasteiger partial charge in [0.1, 0.15) is 0 Å². The first-order valence-electron chi connectivity index (χ1n) is 7.06. The first-order valence-corrected chi connectivity index (χ1v) is 7.06. The molecule has 106 valence electrons. The van der Waals surface area contributed by atoms with Crippen molar-refractivity contribution in [3.8, 4) is 0 Å². The van der Waals surface area contributed by atoms with Gasteiger partial charge in [0.05, 0.1) is 0 Å². The van der Waals surface area contributed by atoms with E-state index in [-0.39, 0.29) is 0 Å². The second kappa shape index (κ2) is 9.16. The molecule has 0 aromatic carbocycles. The van der Waals surface area contributed by atoms with Gasteiger partial charge in [0.15, 0.2) is 0 Å². The summed E-state index contributed by atoms with van der Waals surface area (Å²) in [5.41, 5.74) is 2.74. The lowest BCUT2D eigenvalue weighted by molar-refractivity contribution is 0.197. The molecular formula is C13H28N4O. The van der Waals surface area contributed by atoms with E-state index >= 15 is 0 Å². The van der Waals surface area contributed by atoms with Gasteiger partial charge in [-0.25, -0.2) is 5.84 Å². The first-order chi connectivity index (χ1) is 8.81. The van der Waals surface area contributed by atoms with Gasteiger partial charge in [0, 0.05) is 33.4 Å². The highest BCUT2D eigenvalue weighted by atomic mass is 16.5. The van der Waals surface area contributed by atoms with Gasteiger partial charge >= 0.3 is 0 Å². The highest BCUT2D eigenvalue weighted by molar-refractivity contribution is 5.79. The molecule has 5 nitrogen and oxygen atoms in total. The zero-order chi connectivity index (χ0) is 13.2. The van der Waals surface area contributed by atoms with Crippen LogP contribution in [0.5, 0.6) is 0 Å². The fraction of sp³-hybridized carbons (Fsp3) is 0.923. The van der Waals surface area contributed by atoms with Crippen LogP contribution in [0.3, 0.4) is 0 Å². The molecule has 1 heterocycles. The molecule has 1 fully saturated rings. The Morgan fingerprint density at radius 3 is 2.94 bits per heavy atom. The minimum Gasteiger partial charge on any atom is -0.385 e. The van der Waals surface area contributed by atoms with Crippen molar-refractivity contribution in [3.63, 3.8) is 0 Å². The summed E-state index contributed by atoms with van der Waals surface area (Å²) in [5, 5.41) is 0. The van der Waals surface area contributed by atoms with Crippen LogP contribution in [0.1, 0.15) is 39.0 Å². The van der Waals surface area contributed by atoms with E-state index in [1.165, 1.54) is 25.7 Å². The van der Waals surface area contributed by atoms with E-state index in [4.69, 9.17) is 10.6 Å². The van der Waals surface area contributed by atoms with E-state index in [1.54, 1.807) is 7.11 Å². The number of likely N-dealkylation sites (tertiary alicyclic amines) is 1. The van der Waals surface area contributed by atoms with E-state index in [1.807, 2.05) is 0 Å². The van der Waals surface area contributed by atoms with Crippen molar-refractivity contribution >= 4 is 5.96 Å². The topological polar surface area (TPSA) is 62.9 Å². The van der Waals surface area contributed by atoms with Crippen LogP contribution in [-0.2, 0) is 4.74 Å². The summed E-state index contributed by atoms with van der Waals surface area (Å²) in [5.74, 6) is 7.28. The van der Waals surface area contributed by atoms with Crippen LogP contribution in [0.15, 0.2) is 4.99 Å². The third-order valence-electron chi connectivity index (χ3n) is 3.62. The van der Waals surface area contributed by atoms with Gasteiger partial charge in [-0.2, -0.15) is 0 Å². The Balaban J connectivity index is 2.43. The summed E-state index contributed by atoms with van der Waals surface area (Å²) < 4.78 is 5.02. The molecule has 0 amide bonds. The first kappa shape index (κ1) is 15.2. The third-order valence-corrected chi connectivity index (χ3v) is 3.62. The van der Waals surface area contributed by atoms with Crippen LogP contribution in [-0.4, -0.2) is 44.2 Å². The minimum atomic E-state index is 0.749. The molecule has 0 bridgehead atoms. The number of ether oxygens (including phenoxy) is 1. The molecule has 1 saturated heterocycles. The van der Waals surface area contributed by atoms with Crippen molar-refractivity contribution in [2.24, 2.45) is 16.8 Å². The maximum absolute atomic E-state index is 5.58. The van der Waals surface area contributed by atoms with Crippen LogP contribution in [0.4, 0.5) is 0 Å². The Morgan fingerprint density at radius 1 is 1.44 bits per heavy atom. The van der Waals surface area contributed by atoms with Crippen LogP contribution in [0, 0.1) is 5.92 Å². The summed E-state index contributed by atoms with van der Waals surface area (Å²) in [6.07, 6.45) is 6.03. The zero-order valence-electron chi connectivity index (χ0n) is 11.8. The van der Waals surface area contributed by atoms with Gasteiger partial charge in [0.25, 0.3) is 0 Å². The maximum Gasteiger partial charge on any atom is 0.208 e. The standard InChI is InChI=1S/C13H28N4O/c1-3-12-6-4-9-17(10-7-12)13(16-14)15-8-5-11-18-2/h12H,3-11,14H2,1-2H3,(H,15,16). The molecule has 0 spiro atoms. The smallest absolute Gasteiger partial charge is 0.208 e. The zero-order valence-corrected chi connectivity index (χ0v) is 11.8. The van der Waals surface area contributed by atoms with Crippen molar-refractivity contribution in [2.75, 3.05) is 33.4 Å². The third kappa shape index (κ3) is 5.23. The fourth-order valence-corrected chi connectivity index (χ4v) is 2.42. The summed E-state index contributed by atoms with van der Waals surface area (Å²) in [4.78, 5) is 6.80. The van der Waals surface area contributed by atoms with E-state index < -0.39 is 0 Å². The molecular weight excluding hydrogens is 228 g/mol. The summed E-state index contributed by atoms with van der Waals surface area (Å²) >= 11 is 0. The van der Waals surface area contributed by atoms with Gasteiger partial charge in [-0.05, 0) is 31.6 Å². The van der Waals surface area contributed by atoms with Crippen molar-refractivity contribution < 1.29 is 4.74 Å². The van der Waals surface area contributed by atoms with E-state index in [9.17, 15) is 0 Å². The number of guanidine groups is 1. The summed E-state index contributed by atoms with van der Waals surface area (Å²) in [6, 6.07) is 0. The lowest BCUT2D eigenvalue weighted by Crippen LogP contribution is -2.45. The highest BCUT2D eigenvalue weighted by Crippen LogP contribution is 2.20. The SMILES string of the molecule is CCC1CCCN(C(=NCCCOC)NN)CC1. The Labute approximate surface area is 111 Å². The molecule has 5 heteroatoms. The Morgan fingerprint density at radius 2 is 2.28 bits per heavy atom. The van der Waals surface area contributed by atoms with Crippen molar-refractivity contribution in [3.05, 3.63) is 0 Å². The Kier molecular flexibility index (Phi) is 7.76. The van der Waals surface area contributed by atoms with Crippen molar-refractivity contribution in [2.45, 2.75) is 39.0 Å². The average Bonchev–Trinajstić information content (AvgIpc) is 2.64. The summed E-state index contributed by atoms with van der Waals surface area (Å²) in [6.45, 7) is 5.91. The summed E-state index contributed by atoms with van der Waals surface area (Å²) in [7, 11) is 1.71. The fourth-order valence-electron chi connectivity index (χ4n) is 2.42. The quantitative estimate of drug-likeness (QED) is 0.256. The van der Waals surface area contributed by atoms with Gasteiger partial charge < -0.3 is 9.64 Å². The number of hydrogen-bond donors (Lipinski definition) is 2. The van der Waals surface area contributed by atoms with E-state index in [0.29, 0.717) is 0 Å². The number of nitrogens with zero attached hydrogens (tertiary/aromatic N) is 2. The van der Waals surface area contributed by atoms with Gasteiger partial charge in [-0.3, -0.25) is 10.4 Å². The van der Waals surface area contributed by atoms with Crippen molar-refractivity contribution in [1.82, 2.24) is 10.3 Å². The van der Waals surface area contributed by atoms with Crippen LogP contribution in [0.2, 0.25) is 0 Å². The highest BCUT2D eigenvalue weighted by Gasteiger charge is 2.17. The molecule has 3 N–H and O–H groups in total. The van der Waals surface area contributed by atoms with Crippen LogP contribution >= 0.6 is 0 Å². The number of nitrogens with two attached hydrogens (primary N) is 1. The molecule has 18 heavy (non-hydrogen) atoms. The monoisotopic (exact) mass is 256 g/mol. The molecule has 0 aliphatic carbocycles. The normalized spacial score (nSPS) is 21.8. The number of rotatable bonds is 5. The number of aliphatic imine (C=N–C) groups is 1. The van der Waals surface area contributed by atoms with Gasteiger partial charge in [-0.1, -0.05) is 13.3 Å². The Hall–Kier alpha value is -0.810. The number of methoxy groups -OCH3 is 1. The average molecular weight is 256 g/mol. The Bertz CT molecular complexity index is 245. The number of hydrazine groups is 1. The number of hydrogen-bond acceptors (Lipinski definition) is 3. The van der Waals surface area contributed by atoms with Crippen LogP contribution in [0.25, 0.3) is 0 Å². The predicted octanol–water partition coefficient (Wildman–Crippen LogP) is 1.35. The van der Waals surface area contributed by atoms with E-state index in [0.717, 1.165) is 44.5 Å². The maximum atomic E-state index is 5.58. The lowest BCUT2D eigenvalue weighted by Gasteiger charge is -2.23. The molecule has 1 unspecified atom stereocenters. The largest absolute Gasteiger partial charge is 0.385 e. The minimum absolute atomic E-state index is 0.749. The molecule has 1 aliphatic rings. The molecule has 1 atom stereocenters. The second-order valence-corrected chi connectivity index (χ2v) is 4.89. The van der Waals surface area contributed by atoms with Gasteiger partial charge in [-0.15, -0.1) is 0 Å². The molecule has 0 aromatic heterocycles. The molecule has 0 aromatic rings. The molecule has 0 radical (unpaired) electrons. The van der Waals surface area contributed by atoms with E-state index in [2.05, 4.69) is 22.2 Å². The molecule has 0 saturated carbocycles.